The van der Waals surface area contributed by atoms with Gasteiger partial charge in [0.15, 0.2) is 0 Å². The zero-order valence-corrected chi connectivity index (χ0v) is 19.4. The van der Waals surface area contributed by atoms with E-state index in [9.17, 15) is 0 Å². The highest BCUT2D eigenvalue weighted by atomic mass is 31.0. The van der Waals surface area contributed by atoms with Crippen LogP contribution in [0.2, 0.25) is 0 Å². The van der Waals surface area contributed by atoms with Gasteiger partial charge in [-0.25, -0.2) is 0 Å². The van der Waals surface area contributed by atoms with Gasteiger partial charge >= 0.3 is 0 Å². The third kappa shape index (κ3) is 4.39. The summed E-state index contributed by atoms with van der Waals surface area (Å²) in [6.45, 7) is 0. The molecule has 1 aliphatic rings. The van der Waals surface area contributed by atoms with E-state index in [1.807, 2.05) is 66.7 Å². The van der Waals surface area contributed by atoms with Gasteiger partial charge in [-0.15, -0.1) is 0 Å². The zero-order chi connectivity index (χ0) is 22.5. The average Bonchev–Trinajstić information content (AvgIpc) is 3.24. The maximum absolute atomic E-state index is 6.44. The molecule has 5 nitrogen and oxygen atoms in total. The van der Waals surface area contributed by atoms with Crippen LogP contribution in [0.3, 0.4) is 0 Å². The van der Waals surface area contributed by atoms with Crippen molar-refractivity contribution in [2.75, 3.05) is 21.3 Å². The molecule has 1 aliphatic heterocycles. The fourth-order valence-electron chi connectivity index (χ4n) is 3.91. The molecule has 0 spiro atoms. The van der Waals surface area contributed by atoms with Gasteiger partial charge in [-0.2, -0.15) is 0 Å². The average molecular weight is 448 g/mol. The van der Waals surface area contributed by atoms with Gasteiger partial charge in [0.05, 0.1) is 27.2 Å². The Kier molecular flexibility index (Phi) is 6.85. The van der Waals surface area contributed by atoms with Gasteiger partial charge in [0, 0.05) is 32.7 Å². The predicted octanol–water partition coefficient (Wildman–Crippen LogP) is 5.16. The smallest absolute Gasteiger partial charge is 0.134 e. The van der Waals surface area contributed by atoms with E-state index in [0.717, 1.165) is 22.4 Å². The highest BCUT2D eigenvalue weighted by Crippen LogP contribution is 2.53. The first-order valence-corrected chi connectivity index (χ1v) is 10.6. The Morgan fingerprint density at radius 3 is 2.22 bits per heavy atom. The van der Waals surface area contributed by atoms with Crippen molar-refractivity contribution in [1.82, 2.24) is 0 Å². The molecular weight excluding hydrogens is 423 g/mol. The monoisotopic (exact) mass is 448 g/mol. The van der Waals surface area contributed by atoms with Crippen LogP contribution in [0, 0.1) is 11.8 Å². The Labute approximate surface area is 190 Å². The van der Waals surface area contributed by atoms with Gasteiger partial charge in [-0.05, 0) is 29.8 Å². The van der Waals surface area contributed by atoms with E-state index in [1.54, 1.807) is 21.3 Å². The summed E-state index contributed by atoms with van der Waals surface area (Å²) >= 11 is 0. The Morgan fingerprint density at radius 2 is 1.59 bits per heavy atom. The highest BCUT2D eigenvalue weighted by Gasteiger charge is 2.43. The lowest BCUT2D eigenvalue weighted by Gasteiger charge is -2.24. The van der Waals surface area contributed by atoms with E-state index in [-0.39, 0.29) is 12.0 Å². The quantitative estimate of drug-likeness (QED) is 0.385. The van der Waals surface area contributed by atoms with Crippen LogP contribution in [0.15, 0.2) is 66.7 Å². The molecule has 3 aromatic rings. The van der Waals surface area contributed by atoms with Crippen molar-refractivity contribution in [2.45, 2.75) is 18.1 Å². The minimum atomic E-state index is -0.462. The third-order valence-electron chi connectivity index (χ3n) is 5.50. The Morgan fingerprint density at radius 1 is 0.875 bits per heavy atom. The maximum atomic E-state index is 6.44. The van der Waals surface area contributed by atoms with E-state index in [0.29, 0.717) is 17.2 Å². The van der Waals surface area contributed by atoms with Crippen molar-refractivity contribution in [3.63, 3.8) is 0 Å². The second kappa shape index (κ2) is 9.96. The molecule has 3 aromatic carbocycles. The van der Waals surface area contributed by atoms with Crippen LogP contribution in [0.5, 0.6) is 23.0 Å². The number of hydrogen-bond donors (Lipinski definition) is 0. The first-order valence-electron chi connectivity index (χ1n) is 10.2. The fraction of sp³-hybridized carbons (Fsp3) is 0.231. The second-order valence-corrected chi connectivity index (χ2v) is 7.54. The number of benzene rings is 3. The van der Waals surface area contributed by atoms with Crippen LogP contribution in [0.4, 0.5) is 0 Å². The first kappa shape index (κ1) is 22.0. The molecule has 0 saturated heterocycles. The van der Waals surface area contributed by atoms with Gasteiger partial charge in [0.2, 0.25) is 0 Å². The van der Waals surface area contributed by atoms with Gasteiger partial charge in [0.25, 0.3) is 0 Å². The van der Waals surface area contributed by atoms with Crippen LogP contribution in [-0.2, 0) is 4.52 Å². The number of fused-ring (bicyclic) bond motifs is 1. The van der Waals surface area contributed by atoms with Crippen molar-refractivity contribution in [2.24, 2.45) is 0 Å². The summed E-state index contributed by atoms with van der Waals surface area (Å²) in [6, 6.07) is 21.4. The molecule has 4 atom stereocenters. The van der Waals surface area contributed by atoms with E-state index >= 15 is 0 Å². The Balaban J connectivity index is 1.81. The fourth-order valence-corrected chi connectivity index (χ4v) is 4.15. The van der Waals surface area contributed by atoms with Crippen LogP contribution >= 0.6 is 9.47 Å². The van der Waals surface area contributed by atoms with Crippen LogP contribution in [-0.4, -0.2) is 27.4 Å². The number of hydrogen-bond acceptors (Lipinski definition) is 5. The van der Waals surface area contributed by atoms with E-state index in [1.165, 1.54) is 0 Å². The summed E-state index contributed by atoms with van der Waals surface area (Å²) in [6.07, 6.45) is -0.789. The molecule has 6 heteroatoms. The molecule has 1 heterocycles. The highest BCUT2D eigenvalue weighted by molar-refractivity contribution is 7.09. The van der Waals surface area contributed by atoms with Crippen molar-refractivity contribution < 1.29 is 23.5 Å². The van der Waals surface area contributed by atoms with Crippen molar-refractivity contribution in [1.29, 1.82) is 0 Å². The molecule has 0 radical (unpaired) electrons. The molecule has 32 heavy (non-hydrogen) atoms. The summed E-state index contributed by atoms with van der Waals surface area (Å²) in [5.74, 6) is 9.09. The lowest BCUT2D eigenvalue weighted by molar-refractivity contribution is 0.151. The van der Waals surface area contributed by atoms with Crippen molar-refractivity contribution in [3.05, 3.63) is 83.4 Å². The summed E-state index contributed by atoms with van der Waals surface area (Å²) in [5.41, 5.74) is 2.81. The van der Waals surface area contributed by atoms with Gasteiger partial charge < -0.3 is 23.5 Å². The summed E-state index contributed by atoms with van der Waals surface area (Å²) in [4.78, 5) is 0. The van der Waals surface area contributed by atoms with Gasteiger partial charge in [-0.1, -0.05) is 42.2 Å². The minimum absolute atomic E-state index is 0.229. The molecule has 4 unspecified atom stereocenters. The number of methoxy groups -OCH3 is 3. The Hall–Kier alpha value is -3.19. The lowest BCUT2D eigenvalue weighted by Crippen LogP contribution is -2.23. The topological polar surface area (TPSA) is 46.2 Å². The van der Waals surface area contributed by atoms with Crippen LogP contribution < -0.4 is 18.9 Å². The molecule has 0 bridgehead atoms. The number of rotatable bonds is 6. The standard InChI is InChI=1S/C26H25O5P/c1-27-19-12-10-18(11-13-19)26-25(21(31-32)14-9-17-7-5-4-6-8-17)24-22(29-3)15-20(28-2)16-23(24)30-26/h4-8,10-13,15-16,21,25-26H,32H2,1-3H3. The molecule has 164 valence electrons. The molecule has 0 aromatic heterocycles. The molecule has 0 aliphatic carbocycles. The molecule has 0 N–H and O–H groups in total. The van der Waals surface area contributed by atoms with Crippen LogP contribution in [0.25, 0.3) is 0 Å². The second-order valence-electron chi connectivity index (χ2n) is 7.27. The largest absolute Gasteiger partial charge is 0.497 e. The molecular formula is C26H25O5P. The van der Waals surface area contributed by atoms with Crippen molar-refractivity contribution in [3.8, 4) is 34.8 Å². The molecule has 4 rings (SSSR count). The third-order valence-corrected chi connectivity index (χ3v) is 5.79. The van der Waals surface area contributed by atoms with Crippen molar-refractivity contribution >= 4 is 9.47 Å². The van der Waals surface area contributed by atoms with Gasteiger partial charge in [0.1, 0.15) is 35.2 Å². The van der Waals surface area contributed by atoms with E-state index in [4.69, 9.17) is 23.5 Å². The molecule has 0 saturated carbocycles. The Bertz CT molecular complexity index is 1120. The summed E-state index contributed by atoms with van der Waals surface area (Å²) in [5, 5.41) is 0. The first-order chi connectivity index (χ1) is 15.7. The van der Waals surface area contributed by atoms with E-state index < -0.39 is 6.10 Å². The van der Waals surface area contributed by atoms with E-state index in [2.05, 4.69) is 21.3 Å². The SMILES string of the molecule is COc1ccc(C2Oc3cc(OC)cc(OC)c3C2C(C#Cc2ccccc2)OP)cc1. The zero-order valence-electron chi connectivity index (χ0n) is 18.2. The maximum Gasteiger partial charge on any atom is 0.134 e. The van der Waals surface area contributed by atoms with Gasteiger partial charge in [-0.3, -0.25) is 0 Å². The lowest BCUT2D eigenvalue weighted by atomic mass is 9.86. The van der Waals surface area contributed by atoms with Crippen LogP contribution in [0.1, 0.15) is 28.7 Å². The normalized spacial score (nSPS) is 17.4. The predicted molar refractivity (Wildman–Crippen MR) is 127 cm³/mol. The molecule has 0 amide bonds. The minimum Gasteiger partial charge on any atom is -0.497 e. The molecule has 0 fully saturated rings. The summed E-state index contributed by atoms with van der Waals surface area (Å²) < 4.78 is 28.7. The number of ether oxygens (including phenoxy) is 4. The summed E-state index contributed by atoms with van der Waals surface area (Å²) in [7, 11) is 7.26.